The fourth-order valence-corrected chi connectivity index (χ4v) is 38.6. The topological polar surface area (TPSA) is 0 Å². The lowest BCUT2D eigenvalue weighted by Gasteiger charge is -2.37. The summed E-state index contributed by atoms with van der Waals surface area (Å²) in [5, 5.41) is 5.83. The van der Waals surface area contributed by atoms with E-state index in [0.29, 0.717) is 26.3 Å². The predicted octanol–water partition coefficient (Wildman–Crippen LogP) is 9.43. The van der Waals surface area contributed by atoms with E-state index in [2.05, 4.69) is 83.1 Å². The monoisotopic (exact) mass is 400 g/mol. The molecular weight excluding hydrogens is 364 g/mol. The lowest BCUT2D eigenvalue weighted by Crippen LogP contribution is -2.24. The lowest BCUT2D eigenvalue weighted by atomic mass is 9.88. The molecule has 0 saturated carbocycles. The Morgan fingerprint density at radius 2 is 1.08 bits per heavy atom. The van der Waals surface area contributed by atoms with Gasteiger partial charge in [-0.25, -0.2) is 0 Å². The van der Waals surface area contributed by atoms with Crippen molar-refractivity contribution in [2.75, 3.05) is 0 Å². The Hall–Kier alpha value is 1.20. The van der Waals surface area contributed by atoms with Gasteiger partial charge >= 0.3 is 0 Å². The molecule has 3 rings (SSSR count). The van der Waals surface area contributed by atoms with Gasteiger partial charge in [-0.1, -0.05) is 91.0 Å². The molecule has 0 N–H and O–H groups in total. The summed E-state index contributed by atoms with van der Waals surface area (Å²) in [6, 6.07) is 0. The average Bonchev–Trinajstić information content (AvgIpc) is 2.69. The third-order valence-electron chi connectivity index (χ3n) is 5.19. The highest BCUT2D eigenvalue weighted by Gasteiger charge is 2.83. The van der Waals surface area contributed by atoms with Crippen LogP contribution in [0.3, 0.4) is 0 Å². The molecule has 1 fully saturated rings. The number of fused-ring (bicyclic) bond motifs is 1. The maximum absolute atomic E-state index is 2.56. The summed E-state index contributed by atoms with van der Waals surface area (Å²) >= 11 is 0. The zero-order valence-electron chi connectivity index (χ0n) is 17.8. The molecule has 1 saturated heterocycles. The van der Waals surface area contributed by atoms with Gasteiger partial charge in [0.2, 0.25) is 0 Å². The fraction of sp³-hybridized carbons (Fsp3) is 0.850. The first-order chi connectivity index (χ1) is 10.5. The minimum Gasteiger partial charge on any atom is -0.0650 e. The van der Waals surface area contributed by atoms with Crippen LogP contribution in [0.4, 0.5) is 0 Å². The Kier molecular flexibility index (Phi) is 4.30. The van der Waals surface area contributed by atoms with E-state index in [1.54, 1.807) is 7.89 Å². The van der Waals surface area contributed by atoms with E-state index in [1.165, 1.54) is 0 Å². The van der Waals surface area contributed by atoms with Crippen LogP contribution in [-0.2, 0) is 0 Å². The Labute approximate surface area is 155 Å². The molecule has 0 aromatic rings. The highest BCUT2D eigenvalue weighted by Crippen LogP contribution is 3.24. The molecule has 0 aliphatic carbocycles. The molecule has 24 heavy (non-hydrogen) atoms. The van der Waals surface area contributed by atoms with Crippen LogP contribution in [0, 0.1) is 21.7 Å². The van der Waals surface area contributed by atoms with Crippen molar-refractivity contribution in [3.05, 3.63) is 10.6 Å². The van der Waals surface area contributed by atoms with Crippen molar-refractivity contribution in [1.29, 1.82) is 0 Å². The van der Waals surface area contributed by atoms with Crippen molar-refractivity contribution in [2.24, 2.45) is 21.7 Å². The highest BCUT2D eigenvalue weighted by atomic mass is 32.2. The molecule has 0 nitrogen and oxygen atoms in total. The van der Waals surface area contributed by atoms with Gasteiger partial charge in [-0.2, -0.15) is 0 Å². The Morgan fingerprint density at radius 1 is 0.625 bits per heavy atom. The van der Waals surface area contributed by atoms with Gasteiger partial charge in [0.25, 0.3) is 0 Å². The van der Waals surface area contributed by atoms with Crippen LogP contribution < -0.4 is 0 Å². The molecule has 0 aromatic carbocycles. The molecule has 4 unspecified atom stereocenters. The predicted molar refractivity (Wildman–Crippen MR) is 120 cm³/mol. The molecule has 3 heterocycles. The van der Waals surface area contributed by atoms with Crippen molar-refractivity contribution in [2.45, 2.75) is 87.7 Å². The zero-order chi connectivity index (χ0) is 18.7. The summed E-state index contributed by atoms with van der Waals surface area (Å²) in [7, 11) is 1.95. The van der Waals surface area contributed by atoms with E-state index in [4.69, 9.17) is 0 Å². The van der Waals surface area contributed by atoms with Gasteiger partial charge in [0.1, 0.15) is 0 Å². The zero-order valence-corrected chi connectivity index (χ0v) is 21.4. The first-order valence-corrected chi connectivity index (χ1v) is 15.5. The van der Waals surface area contributed by atoms with Crippen molar-refractivity contribution >= 4 is 35.8 Å². The molecule has 136 valence electrons. The van der Waals surface area contributed by atoms with Crippen LogP contribution >= 0.6 is 30.7 Å². The SMILES string of the molecule is CC(C)(C)C1=PP2C(C(C)(C)C)=C(C(C)(C)C)P3P1C23C(C)(C)C. The second-order valence-electron chi connectivity index (χ2n) is 11.7. The van der Waals surface area contributed by atoms with Gasteiger partial charge in [0, 0.05) is 0 Å². The maximum atomic E-state index is 2.56. The van der Waals surface area contributed by atoms with Gasteiger partial charge in [-0.15, -0.1) is 0 Å². The molecule has 0 aromatic heterocycles. The maximum Gasteiger partial charge on any atom is 0.0628 e. The van der Waals surface area contributed by atoms with Crippen LogP contribution in [0.1, 0.15) is 83.1 Å². The van der Waals surface area contributed by atoms with E-state index >= 15 is 0 Å². The van der Waals surface area contributed by atoms with Crippen molar-refractivity contribution in [1.82, 2.24) is 0 Å². The van der Waals surface area contributed by atoms with Crippen LogP contribution in [0.25, 0.3) is 0 Å². The number of rotatable bonds is 0. The van der Waals surface area contributed by atoms with E-state index in [0.717, 1.165) is 0 Å². The van der Waals surface area contributed by atoms with E-state index < -0.39 is 0 Å². The molecule has 0 radical (unpaired) electrons. The van der Waals surface area contributed by atoms with Crippen LogP contribution in [0.2, 0.25) is 0 Å². The van der Waals surface area contributed by atoms with Gasteiger partial charge < -0.3 is 0 Å². The normalized spacial score (nSPS) is 36.8. The molecule has 0 spiro atoms. The first-order valence-electron chi connectivity index (χ1n) is 9.22. The standard InChI is InChI=1S/C20H36P4/c1-16(2,3)13-14(17(4,5)6)23-20(19(10,11)12)22(13)21-15(24(20)23)18(7,8)9/h1-12H3. The van der Waals surface area contributed by atoms with Gasteiger partial charge in [0.05, 0.1) is 4.64 Å². The van der Waals surface area contributed by atoms with Crippen LogP contribution in [0.15, 0.2) is 10.6 Å². The largest absolute Gasteiger partial charge is 0.0650 e. The minimum absolute atomic E-state index is 0.0145. The smallest absolute Gasteiger partial charge is 0.0628 e. The van der Waals surface area contributed by atoms with E-state index in [1.807, 2.05) is 15.7 Å². The van der Waals surface area contributed by atoms with Gasteiger partial charge in [-0.05, 0) is 60.2 Å². The molecule has 3 aliphatic rings. The number of hydrogen-bond acceptors (Lipinski definition) is 0. The summed E-state index contributed by atoms with van der Waals surface area (Å²) < 4.78 is 0.683. The third kappa shape index (κ3) is 2.46. The van der Waals surface area contributed by atoms with Gasteiger partial charge in [-0.3, -0.25) is 0 Å². The third-order valence-corrected chi connectivity index (χ3v) is 27.6. The summed E-state index contributed by atoms with van der Waals surface area (Å²) in [5.74, 6) is 0. The minimum atomic E-state index is -0.0145. The average molecular weight is 400 g/mol. The Balaban J connectivity index is 2.26. The number of allylic oxidation sites excluding steroid dienone is 2. The molecule has 4 atom stereocenters. The van der Waals surface area contributed by atoms with Crippen LogP contribution in [-0.4, -0.2) is 9.67 Å². The van der Waals surface area contributed by atoms with Crippen molar-refractivity contribution in [3.63, 3.8) is 0 Å². The first kappa shape index (κ1) is 19.9. The fourth-order valence-electron chi connectivity index (χ4n) is 4.27. The molecular formula is C20H36P4. The molecule has 0 bridgehead atoms. The molecule has 0 amide bonds. The summed E-state index contributed by atoms with van der Waals surface area (Å²) in [6.07, 6.45) is 0. The summed E-state index contributed by atoms with van der Waals surface area (Å²) in [5.41, 5.74) is 1.54. The summed E-state index contributed by atoms with van der Waals surface area (Å²) in [6.45, 7) is 30.1. The van der Waals surface area contributed by atoms with Crippen LogP contribution in [0.5, 0.6) is 0 Å². The Bertz CT molecular complexity index is 643. The second-order valence-corrected chi connectivity index (χ2v) is 23.2. The quantitative estimate of drug-likeness (QED) is 0.355. The Morgan fingerprint density at radius 3 is 1.42 bits per heavy atom. The van der Waals surface area contributed by atoms with E-state index in [-0.39, 0.29) is 22.8 Å². The molecule has 4 heteroatoms. The molecule has 3 aliphatic heterocycles. The van der Waals surface area contributed by atoms with E-state index in [9.17, 15) is 0 Å². The lowest BCUT2D eigenvalue weighted by molar-refractivity contribution is 0.439. The summed E-state index contributed by atoms with van der Waals surface area (Å²) in [4.78, 5) is 0. The van der Waals surface area contributed by atoms with Crippen molar-refractivity contribution in [3.8, 4) is 0 Å². The second kappa shape index (κ2) is 5.17. The number of hydrogen-bond donors (Lipinski definition) is 0. The van der Waals surface area contributed by atoms with Crippen molar-refractivity contribution < 1.29 is 0 Å². The highest BCUT2D eigenvalue weighted by molar-refractivity contribution is 8.69. The van der Waals surface area contributed by atoms with Gasteiger partial charge in [0.15, 0.2) is 0 Å².